The van der Waals surface area contributed by atoms with Gasteiger partial charge in [-0.3, -0.25) is 0 Å². The van der Waals surface area contributed by atoms with Crippen molar-refractivity contribution >= 4 is 10.0 Å². The number of hydrogen-bond acceptors (Lipinski definition) is 5. The van der Waals surface area contributed by atoms with Crippen LogP contribution >= 0.6 is 0 Å². The molecule has 0 unspecified atom stereocenters. The zero-order chi connectivity index (χ0) is 17.7. The average Bonchev–Trinajstić information content (AvgIpc) is 3.17. The quantitative estimate of drug-likeness (QED) is 0.732. The molecule has 1 atom stereocenters. The highest BCUT2D eigenvalue weighted by Gasteiger charge is 2.30. The van der Waals surface area contributed by atoms with Crippen LogP contribution in [0.15, 0.2) is 52.0 Å². The van der Waals surface area contributed by atoms with Gasteiger partial charge in [-0.05, 0) is 36.4 Å². The van der Waals surface area contributed by atoms with Crippen LogP contribution in [0.3, 0.4) is 0 Å². The topological polar surface area (TPSA) is 82.2 Å². The maximum atomic E-state index is 12.6. The first-order valence-corrected chi connectivity index (χ1v) is 9.68. The maximum absolute atomic E-state index is 12.6. The molecule has 1 aliphatic heterocycles. The Labute approximate surface area is 147 Å². The number of rotatable bonds is 7. The van der Waals surface area contributed by atoms with Crippen LogP contribution in [-0.2, 0) is 14.8 Å². The lowest BCUT2D eigenvalue weighted by atomic mass is 10.2. The van der Waals surface area contributed by atoms with Crippen molar-refractivity contribution < 1.29 is 27.2 Å². The molecule has 25 heavy (non-hydrogen) atoms. The van der Waals surface area contributed by atoms with E-state index in [0.29, 0.717) is 19.0 Å². The first-order valence-electron chi connectivity index (χ1n) is 8.19. The lowest BCUT2D eigenvalue weighted by Gasteiger charge is -2.30. The predicted molar refractivity (Wildman–Crippen MR) is 91.1 cm³/mol. The van der Waals surface area contributed by atoms with Crippen molar-refractivity contribution in [3.8, 4) is 5.75 Å². The SMILES string of the molecule is COc1ccc(S(=O)(=O)NC[C@@H](c2ccco2)[NH+]2CCOCC2)cc1. The van der Waals surface area contributed by atoms with Crippen molar-refractivity contribution in [1.82, 2.24) is 4.72 Å². The van der Waals surface area contributed by atoms with Crippen LogP contribution in [0.25, 0.3) is 0 Å². The Morgan fingerprint density at radius 3 is 2.52 bits per heavy atom. The van der Waals surface area contributed by atoms with Gasteiger partial charge in [0.25, 0.3) is 0 Å². The van der Waals surface area contributed by atoms with E-state index >= 15 is 0 Å². The van der Waals surface area contributed by atoms with Crippen LogP contribution in [0.1, 0.15) is 11.8 Å². The molecule has 0 aliphatic carbocycles. The van der Waals surface area contributed by atoms with Gasteiger partial charge in [-0.15, -0.1) is 0 Å². The van der Waals surface area contributed by atoms with Gasteiger partial charge in [0.15, 0.2) is 11.8 Å². The molecule has 136 valence electrons. The van der Waals surface area contributed by atoms with Crippen LogP contribution in [0.4, 0.5) is 0 Å². The molecule has 0 spiro atoms. The highest BCUT2D eigenvalue weighted by Crippen LogP contribution is 2.16. The number of methoxy groups -OCH3 is 1. The van der Waals surface area contributed by atoms with E-state index in [0.717, 1.165) is 18.8 Å². The van der Waals surface area contributed by atoms with E-state index in [1.165, 1.54) is 17.0 Å². The van der Waals surface area contributed by atoms with E-state index in [2.05, 4.69) is 4.72 Å². The van der Waals surface area contributed by atoms with E-state index < -0.39 is 10.0 Å². The van der Waals surface area contributed by atoms with Gasteiger partial charge in [0, 0.05) is 0 Å². The first kappa shape index (κ1) is 17.9. The molecule has 2 N–H and O–H groups in total. The normalized spacial score (nSPS) is 17.3. The molecule has 1 aliphatic rings. The van der Waals surface area contributed by atoms with Gasteiger partial charge in [0.2, 0.25) is 10.0 Å². The zero-order valence-corrected chi connectivity index (χ0v) is 14.9. The molecular formula is C17H23N2O5S+. The van der Waals surface area contributed by atoms with Gasteiger partial charge in [-0.2, -0.15) is 0 Å². The zero-order valence-electron chi connectivity index (χ0n) is 14.1. The molecule has 0 radical (unpaired) electrons. The lowest BCUT2D eigenvalue weighted by Crippen LogP contribution is -3.15. The summed E-state index contributed by atoms with van der Waals surface area (Å²) in [5.74, 6) is 1.39. The number of ether oxygens (including phenoxy) is 2. The van der Waals surface area contributed by atoms with Crippen LogP contribution < -0.4 is 14.4 Å². The molecule has 1 aromatic heterocycles. The Morgan fingerprint density at radius 2 is 1.92 bits per heavy atom. The van der Waals surface area contributed by atoms with Crippen molar-refractivity contribution in [3.05, 3.63) is 48.4 Å². The summed E-state index contributed by atoms with van der Waals surface area (Å²) in [6, 6.07) is 9.94. The van der Waals surface area contributed by atoms with Gasteiger partial charge in [-0.25, -0.2) is 13.1 Å². The second-order valence-corrected chi connectivity index (χ2v) is 7.63. The largest absolute Gasteiger partial charge is 0.497 e. The second-order valence-electron chi connectivity index (χ2n) is 5.87. The van der Waals surface area contributed by atoms with Crippen molar-refractivity contribution in [2.75, 3.05) is 40.0 Å². The molecule has 3 rings (SSSR count). The van der Waals surface area contributed by atoms with Crippen LogP contribution in [0.5, 0.6) is 5.75 Å². The predicted octanol–water partition coefficient (Wildman–Crippen LogP) is 0.223. The molecule has 2 heterocycles. The van der Waals surface area contributed by atoms with E-state index in [1.807, 2.05) is 12.1 Å². The van der Waals surface area contributed by atoms with E-state index in [1.54, 1.807) is 25.5 Å². The monoisotopic (exact) mass is 367 g/mol. The Morgan fingerprint density at radius 1 is 1.20 bits per heavy atom. The van der Waals surface area contributed by atoms with Crippen LogP contribution in [0, 0.1) is 0 Å². The Bertz CT molecular complexity index is 753. The molecule has 0 saturated carbocycles. The molecule has 1 saturated heterocycles. The Hall–Kier alpha value is -1.87. The van der Waals surface area contributed by atoms with E-state index in [-0.39, 0.29) is 17.5 Å². The lowest BCUT2D eigenvalue weighted by molar-refractivity contribution is -0.938. The number of morpholine rings is 1. The minimum Gasteiger partial charge on any atom is -0.497 e. The number of sulfonamides is 1. The third-order valence-electron chi connectivity index (χ3n) is 4.36. The summed E-state index contributed by atoms with van der Waals surface area (Å²) in [4.78, 5) is 1.46. The first-order chi connectivity index (χ1) is 12.1. The van der Waals surface area contributed by atoms with Crippen LogP contribution in [-0.4, -0.2) is 48.4 Å². The minimum absolute atomic E-state index is 0.0908. The summed E-state index contributed by atoms with van der Waals surface area (Å²) in [6.45, 7) is 3.22. The van der Waals surface area contributed by atoms with Gasteiger partial charge in [0.1, 0.15) is 18.8 Å². The number of hydrogen-bond donors (Lipinski definition) is 2. The van der Waals surface area contributed by atoms with Crippen molar-refractivity contribution in [2.24, 2.45) is 0 Å². The van der Waals surface area contributed by atoms with Gasteiger partial charge < -0.3 is 18.8 Å². The summed E-state index contributed by atoms with van der Waals surface area (Å²) in [5.41, 5.74) is 0. The number of benzene rings is 1. The van der Waals surface area contributed by atoms with E-state index in [4.69, 9.17) is 13.9 Å². The van der Waals surface area contributed by atoms with Crippen molar-refractivity contribution in [2.45, 2.75) is 10.9 Å². The summed E-state index contributed by atoms with van der Waals surface area (Å²) >= 11 is 0. The summed E-state index contributed by atoms with van der Waals surface area (Å²) in [7, 11) is -2.06. The van der Waals surface area contributed by atoms with Crippen molar-refractivity contribution in [1.29, 1.82) is 0 Å². The van der Waals surface area contributed by atoms with Crippen LogP contribution in [0.2, 0.25) is 0 Å². The fourth-order valence-electron chi connectivity index (χ4n) is 2.95. The molecule has 7 nitrogen and oxygen atoms in total. The summed E-state index contributed by atoms with van der Waals surface area (Å²) < 4.78 is 43.9. The minimum atomic E-state index is -3.60. The number of quaternary nitrogens is 1. The average molecular weight is 367 g/mol. The van der Waals surface area contributed by atoms with E-state index in [9.17, 15) is 8.42 Å². The molecule has 1 fully saturated rings. The Kier molecular flexibility index (Phi) is 5.74. The van der Waals surface area contributed by atoms with Gasteiger partial charge in [0.05, 0.1) is 38.0 Å². The molecule has 2 aromatic rings. The highest BCUT2D eigenvalue weighted by molar-refractivity contribution is 7.89. The van der Waals surface area contributed by atoms with Crippen molar-refractivity contribution in [3.63, 3.8) is 0 Å². The number of furan rings is 1. The smallest absolute Gasteiger partial charge is 0.240 e. The second kappa shape index (κ2) is 8.01. The molecule has 0 amide bonds. The molecule has 8 heteroatoms. The molecule has 1 aromatic carbocycles. The number of nitrogens with one attached hydrogen (secondary N) is 2. The third-order valence-corrected chi connectivity index (χ3v) is 5.80. The third kappa shape index (κ3) is 4.40. The van der Waals surface area contributed by atoms with Gasteiger partial charge >= 0.3 is 0 Å². The summed E-state index contributed by atoms with van der Waals surface area (Å²) in [6.07, 6.45) is 1.61. The van der Waals surface area contributed by atoms with Gasteiger partial charge in [-0.1, -0.05) is 0 Å². The summed E-state index contributed by atoms with van der Waals surface area (Å²) in [5, 5.41) is 0. The fraction of sp³-hybridized carbons (Fsp3) is 0.412. The highest BCUT2D eigenvalue weighted by atomic mass is 32.2. The molecule has 0 bridgehead atoms. The molecular weight excluding hydrogens is 344 g/mol. The maximum Gasteiger partial charge on any atom is 0.240 e. The Balaban J connectivity index is 1.73. The standard InChI is InChI=1S/C17H22N2O5S/c1-22-14-4-6-15(7-5-14)25(20,21)18-13-16(17-3-2-10-24-17)19-8-11-23-12-9-19/h2-7,10,16,18H,8-9,11-13H2,1H3/p+1/t16-/m0/s1. The fourth-order valence-corrected chi connectivity index (χ4v) is 4.00.